The Morgan fingerprint density at radius 2 is 2.07 bits per heavy atom. The van der Waals surface area contributed by atoms with Gasteiger partial charge < -0.3 is 4.74 Å². The van der Waals surface area contributed by atoms with Crippen molar-refractivity contribution in [3.63, 3.8) is 0 Å². The average Bonchev–Trinajstić information content (AvgIpc) is 2.68. The van der Waals surface area contributed by atoms with E-state index in [0.717, 1.165) is 0 Å². The molecule has 0 fully saturated rings. The number of nitriles is 1. The largest absolute Gasteiger partial charge is 0.497 e. The lowest BCUT2D eigenvalue weighted by Gasteiger charge is -2.07. The molecule has 7 nitrogen and oxygen atoms in total. The van der Waals surface area contributed by atoms with Gasteiger partial charge in [-0.1, -0.05) is 12.1 Å². The molecule has 8 heteroatoms. The molecule has 0 spiro atoms. The number of aromatic amines is 1. The molecule has 0 saturated carbocycles. The molecule has 0 aliphatic carbocycles. The van der Waals surface area contributed by atoms with Crippen molar-refractivity contribution in [1.82, 2.24) is 9.97 Å². The standard InChI is InChI=1S/C19H14FN5O2/c1-27-15-7-5-13(6-8-15)17-16(10-21)18(26)24-19(23-17)25-22-11-12-3-2-4-14(20)9-12/h2-9,11H,1H3,(H2,23,24,25,26)/b22-11+. The molecule has 0 radical (unpaired) electrons. The Morgan fingerprint density at radius 3 is 2.74 bits per heavy atom. The summed E-state index contributed by atoms with van der Waals surface area (Å²) in [5.41, 5.74) is 3.21. The van der Waals surface area contributed by atoms with Crippen LogP contribution in [0.25, 0.3) is 11.3 Å². The predicted octanol–water partition coefficient (Wildman–Crippen LogP) is 2.90. The second-order valence-corrected chi connectivity index (χ2v) is 5.40. The summed E-state index contributed by atoms with van der Waals surface area (Å²) in [4.78, 5) is 18.9. The number of rotatable bonds is 5. The van der Waals surface area contributed by atoms with E-state index in [1.165, 1.54) is 18.3 Å². The van der Waals surface area contributed by atoms with Crippen molar-refractivity contribution in [1.29, 1.82) is 5.26 Å². The molecule has 0 aliphatic rings. The highest BCUT2D eigenvalue weighted by atomic mass is 19.1. The molecule has 0 saturated heterocycles. The first kappa shape index (κ1) is 17.8. The van der Waals surface area contributed by atoms with Crippen LogP contribution in [0.5, 0.6) is 5.75 Å². The molecule has 134 valence electrons. The number of H-pyrrole nitrogens is 1. The van der Waals surface area contributed by atoms with Gasteiger partial charge in [0.05, 0.1) is 19.0 Å². The SMILES string of the molecule is COc1ccc(-c2nc(N/N=C/c3cccc(F)c3)[nH]c(=O)c2C#N)cc1. The van der Waals surface area contributed by atoms with Crippen molar-refractivity contribution in [3.05, 3.63) is 75.8 Å². The van der Waals surface area contributed by atoms with E-state index in [1.54, 1.807) is 43.5 Å². The number of nitrogens with one attached hydrogen (secondary N) is 2. The Balaban J connectivity index is 1.92. The summed E-state index contributed by atoms with van der Waals surface area (Å²) >= 11 is 0. The van der Waals surface area contributed by atoms with Gasteiger partial charge in [0.2, 0.25) is 5.95 Å². The summed E-state index contributed by atoms with van der Waals surface area (Å²) in [5.74, 6) is 0.309. The smallest absolute Gasteiger partial charge is 0.270 e. The molecule has 1 heterocycles. The third kappa shape index (κ3) is 4.16. The molecule has 3 aromatic rings. The zero-order valence-corrected chi connectivity index (χ0v) is 14.2. The summed E-state index contributed by atoms with van der Waals surface area (Å²) in [6, 6.07) is 14.5. The number of hydrogen-bond acceptors (Lipinski definition) is 6. The molecule has 2 aromatic carbocycles. The van der Waals surface area contributed by atoms with E-state index in [9.17, 15) is 14.4 Å². The van der Waals surface area contributed by atoms with Gasteiger partial charge in [-0.05, 0) is 42.0 Å². The quantitative estimate of drug-likeness (QED) is 0.536. The average molecular weight is 363 g/mol. The highest BCUT2D eigenvalue weighted by Gasteiger charge is 2.13. The first-order valence-electron chi connectivity index (χ1n) is 7.84. The minimum absolute atomic E-state index is 0.0532. The number of aromatic nitrogens is 2. The highest BCUT2D eigenvalue weighted by Crippen LogP contribution is 2.22. The van der Waals surface area contributed by atoms with Crippen LogP contribution < -0.4 is 15.7 Å². The molecule has 0 atom stereocenters. The molecule has 0 amide bonds. The first-order chi connectivity index (χ1) is 13.1. The van der Waals surface area contributed by atoms with Gasteiger partial charge in [0.25, 0.3) is 5.56 Å². The van der Waals surface area contributed by atoms with Gasteiger partial charge in [-0.25, -0.2) is 14.8 Å². The van der Waals surface area contributed by atoms with Gasteiger partial charge in [-0.3, -0.25) is 9.78 Å². The van der Waals surface area contributed by atoms with Crippen LogP contribution in [0.3, 0.4) is 0 Å². The van der Waals surface area contributed by atoms with Gasteiger partial charge in [0.1, 0.15) is 23.2 Å². The Bertz CT molecular complexity index is 1080. The molecule has 0 unspecified atom stereocenters. The van der Waals surface area contributed by atoms with E-state index in [0.29, 0.717) is 16.9 Å². The summed E-state index contributed by atoms with van der Waals surface area (Å²) < 4.78 is 18.3. The monoisotopic (exact) mass is 363 g/mol. The number of hydrazone groups is 1. The summed E-state index contributed by atoms with van der Waals surface area (Å²) in [7, 11) is 1.54. The molecular formula is C19H14FN5O2. The number of methoxy groups -OCH3 is 1. The predicted molar refractivity (Wildman–Crippen MR) is 99.2 cm³/mol. The van der Waals surface area contributed by atoms with Crippen molar-refractivity contribution in [2.75, 3.05) is 12.5 Å². The van der Waals surface area contributed by atoms with Gasteiger partial charge >= 0.3 is 0 Å². The lowest BCUT2D eigenvalue weighted by atomic mass is 10.1. The molecule has 2 N–H and O–H groups in total. The van der Waals surface area contributed by atoms with E-state index in [2.05, 4.69) is 20.5 Å². The van der Waals surface area contributed by atoms with Crippen molar-refractivity contribution in [3.8, 4) is 23.1 Å². The minimum Gasteiger partial charge on any atom is -0.497 e. The zero-order chi connectivity index (χ0) is 19.2. The Labute approximate surface area is 153 Å². The number of nitrogens with zero attached hydrogens (tertiary/aromatic N) is 3. The minimum atomic E-state index is -0.596. The maximum atomic E-state index is 13.2. The van der Waals surface area contributed by atoms with Gasteiger partial charge in [0, 0.05) is 5.56 Å². The highest BCUT2D eigenvalue weighted by molar-refractivity contribution is 5.80. The van der Waals surface area contributed by atoms with E-state index in [4.69, 9.17) is 4.74 Å². The number of ether oxygens (including phenoxy) is 1. The van der Waals surface area contributed by atoms with Crippen molar-refractivity contribution in [2.24, 2.45) is 5.10 Å². The van der Waals surface area contributed by atoms with E-state index in [-0.39, 0.29) is 23.0 Å². The Kier molecular flexibility index (Phi) is 5.23. The first-order valence-corrected chi connectivity index (χ1v) is 7.84. The van der Waals surface area contributed by atoms with Crippen molar-refractivity contribution >= 4 is 12.2 Å². The molecule has 3 rings (SSSR count). The van der Waals surface area contributed by atoms with Crippen LogP contribution in [-0.2, 0) is 0 Å². The fourth-order valence-corrected chi connectivity index (χ4v) is 2.34. The summed E-state index contributed by atoms with van der Waals surface area (Å²) in [6.45, 7) is 0. The number of benzene rings is 2. The van der Waals surface area contributed by atoms with Crippen molar-refractivity contribution in [2.45, 2.75) is 0 Å². The molecule has 1 aromatic heterocycles. The number of hydrogen-bond donors (Lipinski definition) is 2. The van der Waals surface area contributed by atoms with Crippen LogP contribution in [0, 0.1) is 17.1 Å². The second kappa shape index (κ2) is 7.93. The Hall–Kier alpha value is -3.99. The van der Waals surface area contributed by atoms with E-state index in [1.807, 2.05) is 6.07 Å². The zero-order valence-electron chi connectivity index (χ0n) is 14.2. The van der Waals surface area contributed by atoms with Crippen LogP contribution in [-0.4, -0.2) is 23.3 Å². The molecule has 27 heavy (non-hydrogen) atoms. The Morgan fingerprint density at radius 1 is 1.30 bits per heavy atom. The normalized spacial score (nSPS) is 10.6. The lowest BCUT2D eigenvalue weighted by Crippen LogP contribution is -2.16. The lowest BCUT2D eigenvalue weighted by molar-refractivity contribution is 0.415. The maximum Gasteiger partial charge on any atom is 0.270 e. The van der Waals surface area contributed by atoms with Crippen LogP contribution in [0.1, 0.15) is 11.1 Å². The summed E-state index contributed by atoms with van der Waals surface area (Å²) in [5, 5.41) is 13.2. The van der Waals surface area contributed by atoms with E-state index < -0.39 is 5.56 Å². The van der Waals surface area contributed by atoms with E-state index >= 15 is 0 Å². The fraction of sp³-hybridized carbons (Fsp3) is 0.0526. The van der Waals surface area contributed by atoms with Crippen LogP contribution in [0.2, 0.25) is 0 Å². The van der Waals surface area contributed by atoms with Gasteiger partial charge in [-0.15, -0.1) is 0 Å². The number of anilines is 1. The van der Waals surface area contributed by atoms with Gasteiger partial charge in [-0.2, -0.15) is 10.4 Å². The topological polar surface area (TPSA) is 103 Å². The van der Waals surface area contributed by atoms with Crippen LogP contribution in [0.4, 0.5) is 10.3 Å². The molecule has 0 aliphatic heterocycles. The van der Waals surface area contributed by atoms with Crippen molar-refractivity contribution < 1.29 is 9.13 Å². The van der Waals surface area contributed by atoms with Crippen LogP contribution >= 0.6 is 0 Å². The van der Waals surface area contributed by atoms with Crippen LogP contribution in [0.15, 0.2) is 58.4 Å². The molecule has 0 bridgehead atoms. The fourth-order valence-electron chi connectivity index (χ4n) is 2.34. The maximum absolute atomic E-state index is 13.2. The third-order valence-corrected chi connectivity index (χ3v) is 3.63. The third-order valence-electron chi connectivity index (χ3n) is 3.63. The number of halogens is 1. The summed E-state index contributed by atoms with van der Waals surface area (Å²) in [6.07, 6.45) is 1.38. The van der Waals surface area contributed by atoms with Gasteiger partial charge in [0.15, 0.2) is 0 Å². The second-order valence-electron chi connectivity index (χ2n) is 5.40. The molecular weight excluding hydrogens is 349 g/mol.